The smallest absolute Gasteiger partial charge is 0.152 e. The van der Waals surface area contributed by atoms with E-state index >= 15 is 0 Å². The molecule has 0 aliphatic heterocycles. The zero-order valence-corrected chi connectivity index (χ0v) is 8.43. The summed E-state index contributed by atoms with van der Waals surface area (Å²) in [6.45, 7) is 0. The van der Waals surface area contributed by atoms with Crippen molar-refractivity contribution in [3.8, 4) is 0 Å². The van der Waals surface area contributed by atoms with Crippen LogP contribution in [0.25, 0.3) is 0 Å². The van der Waals surface area contributed by atoms with E-state index in [9.17, 15) is 0 Å². The monoisotopic (exact) mass is 202 g/mol. The van der Waals surface area contributed by atoms with Gasteiger partial charge < -0.3 is 11.5 Å². The number of aliphatic imine (C=N–C) groups is 1. The van der Waals surface area contributed by atoms with Crippen molar-refractivity contribution in [3.63, 3.8) is 0 Å². The Morgan fingerprint density at radius 2 is 2.27 bits per heavy atom. The van der Waals surface area contributed by atoms with Crippen LogP contribution in [0.15, 0.2) is 41.3 Å². The largest absolute Gasteiger partial charge is 0.403 e. The van der Waals surface area contributed by atoms with Crippen LogP contribution in [-0.4, -0.2) is 10.7 Å². The van der Waals surface area contributed by atoms with E-state index in [1.54, 1.807) is 6.20 Å². The third kappa shape index (κ3) is 2.34. The van der Waals surface area contributed by atoms with Gasteiger partial charge in [-0.1, -0.05) is 6.07 Å². The van der Waals surface area contributed by atoms with Gasteiger partial charge in [-0.25, -0.2) is 9.98 Å². The van der Waals surface area contributed by atoms with Crippen molar-refractivity contribution in [3.05, 3.63) is 36.3 Å². The average Bonchev–Trinajstić information content (AvgIpc) is 3.10. The lowest BCUT2D eigenvalue weighted by molar-refractivity contribution is 1.14. The number of hydrogen-bond donors (Lipinski definition) is 2. The fourth-order valence-corrected chi connectivity index (χ4v) is 1.38. The van der Waals surface area contributed by atoms with Gasteiger partial charge in [0.15, 0.2) is 5.82 Å². The van der Waals surface area contributed by atoms with Crippen molar-refractivity contribution in [2.45, 2.75) is 12.8 Å². The quantitative estimate of drug-likeness (QED) is 0.726. The Bertz CT molecular complexity index is 390. The van der Waals surface area contributed by atoms with Crippen molar-refractivity contribution in [2.24, 2.45) is 22.4 Å². The number of nitrogens with two attached hydrogens (primary N) is 2. The Balaban J connectivity index is 2.28. The van der Waals surface area contributed by atoms with Crippen LogP contribution in [0.4, 0.5) is 5.82 Å². The third-order valence-corrected chi connectivity index (χ3v) is 2.32. The molecule has 78 valence electrons. The van der Waals surface area contributed by atoms with Gasteiger partial charge in [0.2, 0.25) is 0 Å². The van der Waals surface area contributed by atoms with E-state index in [1.807, 2.05) is 18.2 Å². The second kappa shape index (κ2) is 4.13. The first-order valence-electron chi connectivity index (χ1n) is 4.98. The molecule has 0 radical (unpaired) electrons. The van der Waals surface area contributed by atoms with Gasteiger partial charge in [-0.05, 0) is 25.0 Å². The molecule has 15 heavy (non-hydrogen) atoms. The van der Waals surface area contributed by atoms with E-state index in [4.69, 9.17) is 11.5 Å². The van der Waals surface area contributed by atoms with Gasteiger partial charge in [0.25, 0.3) is 0 Å². The van der Waals surface area contributed by atoms with Crippen molar-refractivity contribution < 1.29 is 0 Å². The maximum absolute atomic E-state index is 5.78. The summed E-state index contributed by atoms with van der Waals surface area (Å²) in [6, 6.07) is 5.61. The Hall–Kier alpha value is -1.84. The molecule has 2 rings (SSSR count). The number of nitrogens with zero attached hydrogens (tertiary/aromatic N) is 2. The molecule has 0 saturated heterocycles. The lowest BCUT2D eigenvalue weighted by atomic mass is 10.2. The minimum Gasteiger partial charge on any atom is -0.403 e. The fourth-order valence-electron chi connectivity index (χ4n) is 1.38. The maximum Gasteiger partial charge on any atom is 0.152 e. The van der Waals surface area contributed by atoms with E-state index < -0.39 is 0 Å². The molecule has 4 N–H and O–H groups in total. The van der Waals surface area contributed by atoms with E-state index in [1.165, 1.54) is 6.20 Å². The van der Waals surface area contributed by atoms with Gasteiger partial charge in [-0.2, -0.15) is 0 Å². The molecular weight excluding hydrogens is 188 g/mol. The van der Waals surface area contributed by atoms with Crippen molar-refractivity contribution in [2.75, 3.05) is 0 Å². The summed E-state index contributed by atoms with van der Waals surface area (Å²) in [5.74, 6) is 1.15. The molecule has 1 heterocycles. The standard InChI is InChI=1S/C11H14N4/c12-7-9(13)11(8-4-5-8)15-10-3-1-2-6-14-10/h1-3,6-8H,4-5,12-13H2. The maximum atomic E-state index is 5.78. The zero-order valence-electron chi connectivity index (χ0n) is 8.43. The van der Waals surface area contributed by atoms with Crippen LogP contribution >= 0.6 is 0 Å². The van der Waals surface area contributed by atoms with Crippen LogP contribution in [0.3, 0.4) is 0 Å². The molecule has 0 bridgehead atoms. The lowest BCUT2D eigenvalue weighted by Gasteiger charge is -2.03. The van der Waals surface area contributed by atoms with Crippen molar-refractivity contribution in [1.29, 1.82) is 0 Å². The van der Waals surface area contributed by atoms with E-state index in [0.29, 0.717) is 17.4 Å². The third-order valence-electron chi connectivity index (χ3n) is 2.32. The Kier molecular flexibility index (Phi) is 2.67. The highest BCUT2D eigenvalue weighted by atomic mass is 14.9. The summed E-state index contributed by atoms with van der Waals surface area (Å²) in [5, 5.41) is 0. The topological polar surface area (TPSA) is 77.3 Å². The molecule has 1 aromatic rings. The molecule has 4 nitrogen and oxygen atoms in total. The molecule has 0 aromatic carbocycles. The van der Waals surface area contributed by atoms with Crippen LogP contribution in [0, 0.1) is 5.92 Å². The molecule has 1 fully saturated rings. The molecular formula is C11H14N4. The van der Waals surface area contributed by atoms with Crippen molar-refractivity contribution in [1.82, 2.24) is 4.98 Å². The predicted molar refractivity (Wildman–Crippen MR) is 60.5 cm³/mol. The molecule has 0 atom stereocenters. The van der Waals surface area contributed by atoms with Gasteiger partial charge >= 0.3 is 0 Å². The molecule has 1 aliphatic carbocycles. The Morgan fingerprint density at radius 3 is 2.80 bits per heavy atom. The lowest BCUT2D eigenvalue weighted by Crippen LogP contribution is -2.15. The molecule has 4 heteroatoms. The van der Waals surface area contributed by atoms with Gasteiger partial charge in [0.1, 0.15) is 0 Å². The number of rotatable bonds is 3. The first-order valence-corrected chi connectivity index (χ1v) is 4.98. The van der Waals surface area contributed by atoms with E-state index in [-0.39, 0.29) is 0 Å². The van der Waals surface area contributed by atoms with E-state index in [0.717, 1.165) is 18.6 Å². The van der Waals surface area contributed by atoms with Crippen LogP contribution < -0.4 is 11.5 Å². The second-order valence-electron chi connectivity index (χ2n) is 3.58. The highest BCUT2D eigenvalue weighted by Gasteiger charge is 2.29. The van der Waals surface area contributed by atoms with Gasteiger partial charge in [-0.15, -0.1) is 0 Å². The molecule has 1 aromatic heterocycles. The zero-order chi connectivity index (χ0) is 10.7. The minimum absolute atomic E-state index is 0.465. The molecule has 0 spiro atoms. The average molecular weight is 202 g/mol. The number of pyridine rings is 1. The molecule has 0 amide bonds. The second-order valence-corrected chi connectivity index (χ2v) is 3.58. The predicted octanol–water partition coefficient (Wildman–Crippen LogP) is 1.32. The van der Waals surface area contributed by atoms with Crippen LogP contribution in [0.1, 0.15) is 12.8 Å². The number of allylic oxidation sites excluding steroid dienone is 1. The van der Waals surface area contributed by atoms with Gasteiger partial charge in [-0.3, -0.25) is 0 Å². The number of hydrogen-bond acceptors (Lipinski definition) is 4. The summed E-state index contributed by atoms with van der Waals surface area (Å²) >= 11 is 0. The van der Waals surface area contributed by atoms with Crippen molar-refractivity contribution >= 4 is 11.5 Å². The minimum atomic E-state index is 0.465. The summed E-state index contributed by atoms with van der Waals surface area (Å²) in [4.78, 5) is 8.56. The Labute approximate surface area is 88.7 Å². The van der Waals surface area contributed by atoms with E-state index in [2.05, 4.69) is 9.98 Å². The van der Waals surface area contributed by atoms with Crippen LogP contribution in [0.2, 0.25) is 0 Å². The first kappa shape index (κ1) is 9.71. The first-order chi connectivity index (χ1) is 7.31. The van der Waals surface area contributed by atoms with Gasteiger partial charge in [0.05, 0.1) is 11.4 Å². The highest BCUT2D eigenvalue weighted by molar-refractivity contribution is 6.03. The number of aromatic nitrogens is 1. The summed E-state index contributed by atoms with van der Waals surface area (Å²) < 4.78 is 0. The summed E-state index contributed by atoms with van der Waals surface area (Å²) in [7, 11) is 0. The van der Waals surface area contributed by atoms with Gasteiger partial charge in [0, 0.05) is 18.3 Å². The van der Waals surface area contributed by atoms with Crippen LogP contribution in [-0.2, 0) is 0 Å². The molecule has 1 saturated carbocycles. The summed E-state index contributed by atoms with van der Waals surface area (Å²) in [6.07, 6.45) is 5.40. The highest BCUT2D eigenvalue weighted by Crippen LogP contribution is 2.33. The molecule has 1 aliphatic rings. The fraction of sp³-hybridized carbons (Fsp3) is 0.273. The van der Waals surface area contributed by atoms with Crippen LogP contribution in [0.5, 0.6) is 0 Å². The summed E-state index contributed by atoms with van der Waals surface area (Å²) in [5.41, 5.74) is 12.6. The normalized spacial score (nSPS) is 17.9. The molecule has 0 unspecified atom stereocenters. The SMILES string of the molecule is NC=C(N)C(=Nc1ccccn1)C1CC1. The Morgan fingerprint density at radius 1 is 1.47 bits per heavy atom.